The number of hydrogen-bond acceptors (Lipinski definition) is 21. The summed E-state index contributed by atoms with van der Waals surface area (Å²) in [6, 6.07) is -0.833. The van der Waals surface area contributed by atoms with Crippen LogP contribution in [-0.2, 0) is 47.6 Å². The van der Waals surface area contributed by atoms with E-state index in [1.165, 1.54) is 12.8 Å². The average Bonchev–Trinajstić information content (AvgIpc) is 0.795. The van der Waals surface area contributed by atoms with Crippen molar-refractivity contribution in [2.24, 2.45) is 88.8 Å². The fraction of sp³-hybridized carbons (Fsp3) is 0.865. The van der Waals surface area contributed by atoms with E-state index in [0.29, 0.717) is 67.6 Å². The van der Waals surface area contributed by atoms with Crippen molar-refractivity contribution in [3.63, 3.8) is 0 Å². The minimum absolute atomic E-state index is 0.0250. The Morgan fingerprint density at radius 2 is 0.818 bits per heavy atom. The zero-order valence-electron chi connectivity index (χ0n) is 72.2. The van der Waals surface area contributed by atoms with E-state index in [4.69, 9.17) is 28.4 Å². The van der Waals surface area contributed by atoms with Crippen LogP contribution >= 0.6 is 0 Å². The summed E-state index contributed by atoms with van der Waals surface area (Å²) in [4.78, 5) is 69.1. The van der Waals surface area contributed by atoms with Gasteiger partial charge in [0.05, 0.1) is 61.6 Å². The lowest BCUT2D eigenvalue weighted by molar-refractivity contribution is -0.304. The van der Waals surface area contributed by atoms with Crippen LogP contribution in [0.25, 0.3) is 0 Å². The number of aliphatic hydroxyl groups excluding tert-OH is 5. The predicted molar refractivity (Wildman–Crippen MR) is 435 cm³/mol. The Hall–Kier alpha value is -3.36. The topological polar surface area (TPSA) is 244 Å². The zero-order chi connectivity index (χ0) is 81.1. The van der Waals surface area contributed by atoms with Crippen LogP contribution in [0.3, 0.4) is 0 Å². The average molecular weight is 1550 g/mol. The molecule has 8 aliphatic heterocycles. The maximum atomic E-state index is 14.0. The molecule has 632 valence electrons. The van der Waals surface area contributed by atoms with Crippen LogP contribution in [0.15, 0.2) is 47.6 Å². The maximum absolute atomic E-state index is 14.0. The molecule has 21 heteroatoms. The Morgan fingerprint density at radius 3 is 1.23 bits per heavy atom. The van der Waals surface area contributed by atoms with E-state index in [0.717, 1.165) is 122 Å². The van der Waals surface area contributed by atoms with Crippen molar-refractivity contribution in [1.82, 2.24) is 29.4 Å². The first-order valence-electron chi connectivity index (χ1n) is 43.4. The summed E-state index contributed by atoms with van der Waals surface area (Å²) in [7, 11) is 7.54. The molecule has 0 bridgehead atoms. The smallest absolute Gasteiger partial charge is 0.308 e. The van der Waals surface area contributed by atoms with Crippen LogP contribution in [-0.4, -0.2) is 277 Å². The van der Waals surface area contributed by atoms with Gasteiger partial charge in [0.25, 0.3) is 0 Å². The second-order valence-corrected chi connectivity index (χ2v) is 37.4. The second-order valence-electron chi connectivity index (χ2n) is 37.4. The molecule has 0 aliphatic carbocycles. The van der Waals surface area contributed by atoms with E-state index in [1.807, 2.05) is 93.5 Å². The third-order valence-electron chi connectivity index (χ3n) is 26.6. The predicted octanol–water partition coefficient (Wildman–Crippen LogP) is 11.1. The van der Waals surface area contributed by atoms with Gasteiger partial charge in [-0.25, -0.2) is 0 Å². The van der Waals surface area contributed by atoms with Gasteiger partial charge in [0.2, 0.25) is 0 Å². The highest BCUT2D eigenvalue weighted by atomic mass is 16.7. The summed E-state index contributed by atoms with van der Waals surface area (Å²) < 4.78 is 38.8. The van der Waals surface area contributed by atoms with Gasteiger partial charge < -0.3 is 83.4 Å². The molecule has 110 heavy (non-hydrogen) atoms. The molecule has 0 radical (unpaired) electrons. The summed E-state index contributed by atoms with van der Waals surface area (Å²) in [5, 5.41) is 58.1. The summed E-state index contributed by atoms with van der Waals surface area (Å²) in [6.07, 6.45) is 11.8. The van der Waals surface area contributed by atoms with E-state index < -0.39 is 91.2 Å². The normalized spacial score (nSPS) is 41.8. The van der Waals surface area contributed by atoms with Crippen LogP contribution in [0.1, 0.15) is 208 Å². The Balaban J connectivity index is 0.000000306. The standard InChI is InChI=1S/C46H81N3O7.C43H75N3O8/c1-13-41-38(27-49-25-31(5)19-32(6)26-49)20-28(2)14-15-39(50)33(7)21-37(16-17-48-23-29(3)18-30(4)24-48)45(35(9)40(51)22-42(52)55-41)56-46-44(53)43(47(11)12)34(8)36(10)54-46;1-10-37-34(26-46-20-15-28(3)16-21-46)23-29(4)11-12-35(47)30(5)24-33(17-22-45-18-13-27(2)14-19-45)42(31(6)36(48)25-38(49)53-37)54-43-41(51)39(44(8)9)40(50)32(7)52-43/h14-15,20,29-38,40-41,43-46,51,53H,13,16-19,21-27H2,1-12H3;11-12,23,27-28,30-34,36-37,39-43,48,50-51H,10,13-22,24-26H2,1-9H3/b15-14+,28-20+;12-11+,29-23+. The van der Waals surface area contributed by atoms with Crippen molar-refractivity contribution in [2.45, 2.75) is 299 Å². The quantitative estimate of drug-likeness (QED) is 0.0801. The molecule has 0 aromatic heterocycles. The minimum atomic E-state index is -1.17. The van der Waals surface area contributed by atoms with Crippen molar-refractivity contribution in [2.75, 3.05) is 107 Å². The fourth-order valence-electron chi connectivity index (χ4n) is 19.8. The number of cyclic esters (lactones) is 2. The molecular formula is C89H156N6O15. The first-order chi connectivity index (χ1) is 51.9. The van der Waals surface area contributed by atoms with Crippen molar-refractivity contribution in [3.05, 3.63) is 47.6 Å². The number of aliphatic hydroxyl groups is 5. The molecule has 0 spiro atoms. The molecule has 21 nitrogen and oxygen atoms in total. The third kappa shape index (κ3) is 27.9. The van der Waals surface area contributed by atoms with E-state index in [-0.39, 0.29) is 90.2 Å². The first-order valence-corrected chi connectivity index (χ1v) is 43.4. The van der Waals surface area contributed by atoms with Crippen LogP contribution in [0.4, 0.5) is 0 Å². The molecule has 8 rings (SSSR count). The number of hydrogen-bond donors (Lipinski definition) is 5. The van der Waals surface area contributed by atoms with Gasteiger partial charge in [-0.3, -0.25) is 19.2 Å². The van der Waals surface area contributed by atoms with Gasteiger partial charge >= 0.3 is 11.9 Å². The Bertz CT molecular complexity index is 2900. The number of piperidine rings is 4. The highest BCUT2D eigenvalue weighted by Crippen LogP contribution is 2.40. The van der Waals surface area contributed by atoms with Gasteiger partial charge in [-0.15, -0.1) is 0 Å². The molecule has 8 heterocycles. The van der Waals surface area contributed by atoms with Crippen molar-refractivity contribution < 1.29 is 73.1 Å². The van der Waals surface area contributed by atoms with Crippen molar-refractivity contribution in [1.29, 1.82) is 0 Å². The van der Waals surface area contributed by atoms with Crippen LogP contribution < -0.4 is 0 Å². The molecule has 6 fully saturated rings. The number of ether oxygens (including phenoxy) is 6. The summed E-state index contributed by atoms with van der Waals surface area (Å²) in [5.74, 6) is 0.820. The lowest BCUT2D eigenvalue weighted by Gasteiger charge is -2.47. The van der Waals surface area contributed by atoms with Gasteiger partial charge in [-0.1, -0.05) is 125 Å². The van der Waals surface area contributed by atoms with E-state index in [9.17, 15) is 44.7 Å². The number of likely N-dealkylation sites (N-methyl/N-ethyl adjacent to an activating group) is 2. The maximum Gasteiger partial charge on any atom is 0.308 e. The Kier molecular flexibility index (Phi) is 38.2. The second kappa shape index (κ2) is 44.8. The number of rotatable bonds is 18. The van der Waals surface area contributed by atoms with Gasteiger partial charge in [0.15, 0.2) is 24.1 Å². The highest BCUT2D eigenvalue weighted by molar-refractivity contribution is 5.92. The number of carbonyl (C=O) groups is 4. The summed E-state index contributed by atoms with van der Waals surface area (Å²) >= 11 is 0. The lowest BCUT2D eigenvalue weighted by atomic mass is 9.79. The molecule has 0 aromatic carbocycles. The van der Waals surface area contributed by atoms with Gasteiger partial charge in [0, 0.05) is 86.7 Å². The molecule has 28 atom stereocenters. The monoisotopic (exact) mass is 1550 g/mol. The number of likely N-dealkylation sites (tertiary alicyclic amines) is 4. The van der Waals surface area contributed by atoms with Crippen LogP contribution in [0.2, 0.25) is 0 Å². The van der Waals surface area contributed by atoms with Crippen LogP contribution in [0.5, 0.6) is 0 Å². The molecule has 0 saturated carbocycles. The van der Waals surface area contributed by atoms with E-state index in [1.54, 1.807) is 38.1 Å². The SMILES string of the molecule is CCC1OC(=O)CC(O)C(C)C(OC2OC(C)C(C)C(N(C)C)C2O)C(CCN2CC(C)CC(C)C2)CC(C)C(=O)/C=C/C(C)=C/C1CN1CC(C)CC(C)C1.CCC1OC(=O)CC(O)C(C)C(OC2OC(C)C(O)C(N(C)C)C2O)C(CCN2CCC(C)CC2)CC(C)C(=O)/C=C/C(C)=C/C1CN1CCC(C)CC1. The number of nitrogens with zero attached hydrogens (tertiary/aromatic N) is 6. The lowest BCUT2D eigenvalue weighted by Crippen LogP contribution is -2.63. The molecule has 0 aromatic rings. The molecule has 28 unspecified atom stereocenters. The number of allylic oxidation sites excluding steroid dienone is 6. The van der Waals surface area contributed by atoms with Crippen molar-refractivity contribution in [3.8, 4) is 0 Å². The van der Waals surface area contributed by atoms with Gasteiger partial charge in [-0.05, 0) is 232 Å². The molecule has 8 aliphatic rings. The fourth-order valence-corrected chi connectivity index (χ4v) is 19.8. The molecule has 5 N–H and O–H groups in total. The highest BCUT2D eigenvalue weighted by Gasteiger charge is 2.50. The largest absolute Gasteiger partial charge is 0.462 e. The number of ketones is 2. The number of esters is 2. The van der Waals surface area contributed by atoms with Gasteiger partial charge in [0.1, 0.15) is 24.4 Å². The summed E-state index contributed by atoms with van der Waals surface area (Å²) in [5.41, 5.74) is 1.92. The van der Waals surface area contributed by atoms with E-state index >= 15 is 0 Å². The zero-order valence-corrected chi connectivity index (χ0v) is 72.2. The molecule has 0 amide bonds. The molecule has 6 saturated heterocycles. The first kappa shape index (κ1) is 93.8. The summed E-state index contributed by atoms with van der Waals surface area (Å²) in [6.45, 7) is 46.8. The molecular weight excluding hydrogens is 1390 g/mol. The van der Waals surface area contributed by atoms with E-state index in [2.05, 4.69) is 80.2 Å². The van der Waals surface area contributed by atoms with Gasteiger partial charge in [-0.2, -0.15) is 0 Å². The third-order valence-corrected chi connectivity index (χ3v) is 26.6. The minimum Gasteiger partial charge on any atom is -0.462 e. The Morgan fingerprint density at radius 1 is 0.445 bits per heavy atom. The van der Waals surface area contributed by atoms with Crippen molar-refractivity contribution >= 4 is 23.5 Å². The Labute approximate surface area is 665 Å². The van der Waals surface area contributed by atoms with Crippen LogP contribution in [0, 0.1) is 88.8 Å². The number of carbonyl (C=O) groups excluding carboxylic acids is 4.